The van der Waals surface area contributed by atoms with Gasteiger partial charge in [-0.15, -0.1) is 0 Å². The van der Waals surface area contributed by atoms with Gasteiger partial charge in [0.2, 0.25) is 5.91 Å². The lowest BCUT2D eigenvalue weighted by Crippen LogP contribution is -2.14. The van der Waals surface area contributed by atoms with E-state index in [4.69, 9.17) is 26.1 Å². The molecule has 0 bridgehead atoms. The Morgan fingerprint density at radius 3 is 2.21 bits per heavy atom. The van der Waals surface area contributed by atoms with Gasteiger partial charge in [-0.05, 0) is 60.2 Å². The average Bonchev–Trinajstić information content (AvgIpc) is 2.96. The van der Waals surface area contributed by atoms with Gasteiger partial charge < -0.3 is 14.8 Å². The fourth-order valence-corrected chi connectivity index (χ4v) is 4.69. The number of hydrogen-bond acceptors (Lipinski definition) is 8. The Morgan fingerprint density at radius 2 is 1.64 bits per heavy atom. The van der Waals surface area contributed by atoms with Crippen molar-refractivity contribution in [3.05, 3.63) is 93.5 Å². The van der Waals surface area contributed by atoms with Crippen LogP contribution < -0.4 is 14.8 Å². The van der Waals surface area contributed by atoms with Crippen LogP contribution in [0.4, 0.5) is 11.4 Å². The molecule has 0 aliphatic rings. The third-order valence-corrected chi connectivity index (χ3v) is 6.95. The van der Waals surface area contributed by atoms with Crippen LogP contribution in [0, 0.1) is 21.4 Å². The van der Waals surface area contributed by atoms with Crippen molar-refractivity contribution in [1.82, 2.24) is 4.98 Å². The topological polar surface area (TPSA) is 127 Å². The number of amides is 1. The molecule has 11 heteroatoms. The average molecular weight is 561 g/mol. The fraction of sp³-hybridized carbons (Fsp3) is 0.107. The molecule has 0 atom stereocenters. The molecule has 0 saturated carbocycles. The second-order valence-corrected chi connectivity index (χ2v) is 9.44. The molecule has 1 N–H and O–H groups in total. The van der Waals surface area contributed by atoms with E-state index in [0.29, 0.717) is 33.3 Å². The molecule has 1 heterocycles. The van der Waals surface area contributed by atoms with E-state index in [0.717, 1.165) is 22.9 Å². The largest absolute Gasteiger partial charge is 0.497 e. The third kappa shape index (κ3) is 6.46. The summed E-state index contributed by atoms with van der Waals surface area (Å²) in [7, 11) is 3.16. The number of nitro benzene ring substituents is 1. The molecule has 0 aliphatic heterocycles. The van der Waals surface area contributed by atoms with Crippen LogP contribution in [0.5, 0.6) is 11.5 Å². The monoisotopic (exact) mass is 560 g/mol. The first-order chi connectivity index (χ1) is 18.8. The number of aromatic nitrogens is 1. The van der Waals surface area contributed by atoms with E-state index < -0.39 is 10.8 Å². The summed E-state index contributed by atoms with van der Waals surface area (Å²) in [6, 6.07) is 22.7. The molecule has 0 spiro atoms. The summed E-state index contributed by atoms with van der Waals surface area (Å²) < 4.78 is 10.5. The predicted molar refractivity (Wildman–Crippen MR) is 150 cm³/mol. The van der Waals surface area contributed by atoms with Gasteiger partial charge >= 0.3 is 0 Å². The first kappa shape index (κ1) is 27.4. The fourth-order valence-electron chi connectivity index (χ4n) is 3.70. The minimum atomic E-state index is -0.624. The van der Waals surface area contributed by atoms with Crippen molar-refractivity contribution in [1.29, 1.82) is 5.26 Å². The Balaban J connectivity index is 1.67. The maximum Gasteiger partial charge on any atom is 0.289 e. The standard InChI is InChI=1S/C28H21ClN4O5S/c1-37-20-8-3-17(4-9-20)22-14-25(18-5-10-21(38-2)11-6-18)32-28(23(22)15-30)39-16-27(34)31-19-7-12-24(29)26(13-19)33(35)36/h3-14H,16H2,1-2H3,(H,31,34). The summed E-state index contributed by atoms with van der Waals surface area (Å²) in [5, 5.41) is 24.2. The predicted octanol–water partition coefficient (Wildman–Crippen LogP) is 6.60. The highest BCUT2D eigenvalue weighted by molar-refractivity contribution is 8.00. The van der Waals surface area contributed by atoms with Crippen LogP contribution >= 0.6 is 23.4 Å². The van der Waals surface area contributed by atoms with Crippen LogP contribution in [0.1, 0.15) is 5.56 Å². The first-order valence-corrected chi connectivity index (χ1v) is 12.8. The molecule has 4 rings (SSSR count). The Morgan fingerprint density at radius 1 is 1.03 bits per heavy atom. The van der Waals surface area contributed by atoms with Crippen LogP contribution in [0.3, 0.4) is 0 Å². The van der Waals surface area contributed by atoms with Crippen molar-refractivity contribution in [2.24, 2.45) is 0 Å². The molecule has 0 radical (unpaired) electrons. The summed E-state index contributed by atoms with van der Waals surface area (Å²) in [6.07, 6.45) is 0. The summed E-state index contributed by atoms with van der Waals surface area (Å²) in [5.41, 5.74) is 3.08. The number of nitro groups is 1. The van der Waals surface area contributed by atoms with E-state index in [2.05, 4.69) is 11.4 Å². The third-order valence-electron chi connectivity index (χ3n) is 5.65. The lowest BCUT2D eigenvalue weighted by atomic mass is 9.99. The number of thioether (sulfide) groups is 1. The number of ether oxygens (including phenoxy) is 2. The van der Waals surface area contributed by atoms with E-state index in [1.165, 1.54) is 18.2 Å². The van der Waals surface area contributed by atoms with E-state index >= 15 is 0 Å². The quantitative estimate of drug-likeness (QED) is 0.138. The Labute approximate surface area is 233 Å². The van der Waals surface area contributed by atoms with Gasteiger partial charge in [0.15, 0.2) is 0 Å². The molecule has 0 saturated heterocycles. The molecule has 196 valence electrons. The Bertz CT molecular complexity index is 1570. The van der Waals surface area contributed by atoms with Crippen molar-refractivity contribution < 1.29 is 19.2 Å². The maximum atomic E-state index is 12.7. The van der Waals surface area contributed by atoms with Crippen LogP contribution in [0.25, 0.3) is 22.4 Å². The molecule has 0 fully saturated rings. The number of halogens is 1. The van der Waals surface area contributed by atoms with Crippen molar-refractivity contribution in [3.63, 3.8) is 0 Å². The minimum Gasteiger partial charge on any atom is -0.497 e. The van der Waals surface area contributed by atoms with Crippen LogP contribution in [0.15, 0.2) is 77.8 Å². The summed E-state index contributed by atoms with van der Waals surface area (Å²) >= 11 is 6.95. The van der Waals surface area contributed by atoms with Gasteiger partial charge in [-0.2, -0.15) is 5.26 Å². The van der Waals surface area contributed by atoms with Crippen LogP contribution in [-0.4, -0.2) is 35.8 Å². The molecule has 3 aromatic carbocycles. The lowest BCUT2D eigenvalue weighted by molar-refractivity contribution is -0.384. The number of rotatable bonds is 9. The zero-order valence-electron chi connectivity index (χ0n) is 20.8. The smallest absolute Gasteiger partial charge is 0.289 e. The highest BCUT2D eigenvalue weighted by Gasteiger charge is 2.18. The number of nitriles is 1. The SMILES string of the molecule is COc1ccc(-c2cc(-c3ccc(OC)cc3)c(C#N)c(SCC(=O)Nc3ccc(Cl)c([N+](=O)[O-])c3)n2)cc1. The minimum absolute atomic E-state index is 0.0309. The number of carbonyl (C=O) groups is 1. The summed E-state index contributed by atoms with van der Waals surface area (Å²) in [6.45, 7) is 0. The van der Waals surface area contributed by atoms with Gasteiger partial charge in [0.1, 0.15) is 27.6 Å². The number of nitrogens with one attached hydrogen (secondary N) is 1. The molecule has 0 aliphatic carbocycles. The molecule has 9 nitrogen and oxygen atoms in total. The van der Waals surface area contributed by atoms with Gasteiger partial charge in [0.05, 0.1) is 36.2 Å². The number of methoxy groups -OCH3 is 2. The number of carbonyl (C=O) groups excluding carboxylic acids is 1. The molecule has 39 heavy (non-hydrogen) atoms. The second-order valence-electron chi connectivity index (χ2n) is 8.06. The second kappa shape index (κ2) is 12.3. The summed E-state index contributed by atoms with van der Waals surface area (Å²) in [4.78, 5) is 28.0. The van der Waals surface area contributed by atoms with Crippen molar-refractivity contribution in [2.75, 3.05) is 25.3 Å². The van der Waals surface area contributed by atoms with Gasteiger partial charge in [0.25, 0.3) is 5.69 Å². The summed E-state index contributed by atoms with van der Waals surface area (Å²) in [5.74, 6) is 0.849. The van der Waals surface area contributed by atoms with Gasteiger partial charge in [-0.3, -0.25) is 14.9 Å². The van der Waals surface area contributed by atoms with Crippen molar-refractivity contribution in [2.45, 2.75) is 5.03 Å². The zero-order valence-corrected chi connectivity index (χ0v) is 22.4. The Hall–Kier alpha value is -4.59. The normalized spacial score (nSPS) is 10.4. The highest BCUT2D eigenvalue weighted by Crippen LogP contribution is 2.35. The highest BCUT2D eigenvalue weighted by atomic mass is 35.5. The number of benzene rings is 3. The van der Waals surface area contributed by atoms with E-state index in [9.17, 15) is 20.2 Å². The number of pyridine rings is 1. The zero-order chi connectivity index (χ0) is 27.9. The van der Waals surface area contributed by atoms with Gasteiger partial charge in [0, 0.05) is 22.9 Å². The number of nitrogens with zero attached hydrogens (tertiary/aromatic N) is 3. The van der Waals surface area contributed by atoms with E-state index in [1.54, 1.807) is 26.4 Å². The Kier molecular flexibility index (Phi) is 8.66. The lowest BCUT2D eigenvalue weighted by Gasteiger charge is -2.13. The van der Waals surface area contributed by atoms with Crippen LogP contribution in [0.2, 0.25) is 5.02 Å². The maximum absolute atomic E-state index is 12.7. The number of hydrogen-bond donors (Lipinski definition) is 1. The van der Waals surface area contributed by atoms with Crippen LogP contribution in [-0.2, 0) is 4.79 Å². The van der Waals surface area contributed by atoms with E-state index in [-0.39, 0.29) is 22.2 Å². The number of anilines is 1. The molecule has 1 aromatic heterocycles. The van der Waals surface area contributed by atoms with Gasteiger partial charge in [-0.1, -0.05) is 35.5 Å². The molecule has 0 unspecified atom stereocenters. The molecule has 1 amide bonds. The van der Waals surface area contributed by atoms with Gasteiger partial charge in [-0.25, -0.2) is 4.98 Å². The first-order valence-electron chi connectivity index (χ1n) is 11.4. The van der Waals surface area contributed by atoms with Crippen molar-refractivity contribution in [3.8, 4) is 40.0 Å². The molecule has 4 aromatic rings. The van der Waals surface area contributed by atoms with E-state index in [1.807, 2.05) is 42.5 Å². The van der Waals surface area contributed by atoms with Crippen molar-refractivity contribution >= 4 is 40.6 Å². The molecular formula is C28H21ClN4O5S. The molecular weight excluding hydrogens is 540 g/mol.